The van der Waals surface area contributed by atoms with Crippen LogP contribution in [0, 0.1) is 0 Å². The Kier molecular flexibility index (Phi) is 8.94. The summed E-state index contributed by atoms with van der Waals surface area (Å²) in [6, 6.07) is 0. The van der Waals surface area contributed by atoms with Crippen LogP contribution >= 0.6 is 0 Å². The molecule has 0 unspecified atom stereocenters. The molecule has 0 rings (SSSR count). The lowest BCUT2D eigenvalue weighted by Gasteiger charge is -2.13. The van der Waals surface area contributed by atoms with Gasteiger partial charge in [0.15, 0.2) is 0 Å². The number of nitrogens with zero attached hydrogens (tertiary/aromatic N) is 2. The monoisotopic (exact) mass is 160 g/mol. The van der Waals surface area contributed by atoms with Gasteiger partial charge < -0.3 is 9.80 Å². The van der Waals surface area contributed by atoms with Crippen LogP contribution in [0.2, 0.25) is 0 Å². The molecule has 0 aliphatic rings. The summed E-state index contributed by atoms with van der Waals surface area (Å²) in [5.74, 6) is 0.139. The Balaban J connectivity index is 0. The minimum atomic E-state index is 0.139. The highest BCUT2D eigenvalue weighted by atomic mass is 16.2. The lowest BCUT2D eigenvalue weighted by molar-refractivity contribution is -0.129. The van der Waals surface area contributed by atoms with Crippen LogP contribution in [0.25, 0.3) is 0 Å². The zero-order valence-electron chi connectivity index (χ0n) is 8.51. The first kappa shape index (κ1) is 13.1. The molecule has 0 aliphatic heterocycles. The van der Waals surface area contributed by atoms with Crippen LogP contribution in [0.3, 0.4) is 0 Å². The van der Waals surface area contributed by atoms with E-state index in [9.17, 15) is 4.79 Å². The molecule has 0 aromatic rings. The molecule has 0 bridgehead atoms. The summed E-state index contributed by atoms with van der Waals surface area (Å²) in [6.07, 6.45) is 0. The highest BCUT2D eigenvalue weighted by Crippen LogP contribution is 1.80. The van der Waals surface area contributed by atoms with Crippen LogP contribution in [0.5, 0.6) is 0 Å². The van der Waals surface area contributed by atoms with Crippen molar-refractivity contribution in [2.75, 3.05) is 34.7 Å². The van der Waals surface area contributed by atoms with Crippen LogP contribution in [0.4, 0.5) is 0 Å². The van der Waals surface area contributed by atoms with Gasteiger partial charge in [0.1, 0.15) is 0 Å². The molecule has 3 nitrogen and oxygen atoms in total. The lowest BCUT2D eigenvalue weighted by atomic mass is 10.5. The van der Waals surface area contributed by atoms with Gasteiger partial charge >= 0.3 is 0 Å². The average Bonchev–Trinajstić information content (AvgIpc) is 1.90. The van der Waals surface area contributed by atoms with Crippen molar-refractivity contribution in [3.05, 3.63) is 0 Å². The van der Waals surface area contributed by atoms with E-state index in [2.05, 4.69) is 0 Å². The number of likely N-dealkylation sites (N-methyl/N-ethyl adjacent to an activating group) is 2. The first-order valence-corrected chi connectivity index (χ1v) is 3.89. The summed E-state index contributed by atoms with van der Waals surface area (Å²) in [5.41, 5.74) is 0. The van der Waals surface area contributed by atoms with Gasteiger partial charge in [0.05, 0.1) is 6.54 Å². The molecule has 0 fully saturated rings. The SMILES string of the molecule is CC.CN(C)CC(=O)N(C)C. The zero-order valence-corrected chi connectivity index (χ0v) is 8.51. The molecular weight excluding hydrogens is 140 g/mol. The average molecular weight is 160 g/mol. The van der Waals surface area contributed by atoms with Crippen molar-refractivity contribution >= 4 is 5.91 Å². The molecule has 11 heavy (non-hydrogen) atoms. The standard InChI is InChI=1S/C6H14N2O.C2H6/c1-7(2)5-6(9)8(3)4;1-2/h5H2,1-4H3;1-2H3. The van der Waals surface area contributed by atoms with Crippen molar-refractivity contribution in [1.82, 2.24) is 9.80 Å². The number of carbonyl (C=O) groups is 1. The minimum absolute atomic E-state index is 0.139. The highest BCUT2D eigenvalue weighted by molar-refractivity contribution is 5.77. The molecule has 0 aromatic heterocycles. The molecule has 0 atom stereocenters. The quantitative estimate of drug-likeness (QED) is 0.592. The molecule has 0 saturated heterocycles. The Hall–Kier alpha value is -0.570. The Morgan fingerprint density at radius 3 is 1.55 bits per heavy atom. The van der Waals surface area contributed by atoms with Crippen LogP contribution < -0.4 is 0 Å². The van der Waals surface area contributed by atoms with E-state index >= 15 is 0 Å². The van der Waals surface area contributed by atoms with Gasteiger partial charge in [0.25, 0.3) is 0 Å². The van der Waals surface area contributed by atoms with Crippen molar-refractivity contribution < 1.29 is 4.79 Å². The maximum absolute atomic E-state index is 10.8. The predicted molar refractivity (Wildman–Crippen MR) is 48.6 cm³/mol. The van der Waals surface area contributed by atoms with Gasteiger partial charge in [0, 0.05) is 14.1 Å². The van der Waals surface area contributed by atoms with Gasteiger partial charge in [-0.2, -0.15) is 0 Å². The molecule has 0 aliphatic carbocycles. The molecule has 0 saturated carbocycles. The largest absolute Gasteiger partial charge is 0.348 e. The molecule has 0 radical (unpaired) electrons. The summed E-state index contributed by atoms with van der Waals surface area (Å²) in [4.78, 5) is 14.3. The first-order valence-electron chi connectivity index (χ1n) is 3.89. The second-order valence-electron chi connectivity index (χ2n) is 2.53. The van der Waals surface area contributed by atoms with E-state index in [0.29, 0.717) is 6.54 Å². The summed E-state index contributed by atoms with van der Waals surface area (Å²) in [6.45, 7) is 4.49. The van der Waals surface area contributed by atoms with Gasteiger partial charge in [-0.05, 0) is 14.1 Å². The number of carbonyl (C=O) groups excluding carboxylic acids is 1. The Morgan fingerprint density at radius 1 is 1.09 bits per heavy atom. The van der Waals surface area contributed by atoms with E-state index in [1.165, 1.54) is 0 Å². The zero-order chi connectivity index (χ0) is 9.44. The summed E-state index contributed by atoms with van der Waals surface area (Å²) in [7, 11) is 7.26. The van der Waals surface area contributed by atoms with Crippen LogP contribution in [0.1, 0.15) is 13.8 Å². The fourth-order valence-electron chi connectivity index (χ4n) is 0.412. The lowest BCUT2D eigenvalue weighted by Crippen LogP contribution is -2.32. The Bertz CT molecular complexity index is 100. The van der Waals surface area contributed by atoms with Gasteiger partial charge in [-0.15, -0.1) is 0 Å². The van der Waals surface area contributed by atoms with E-state index in [1.807, 2.05) is 32.8 Å². The topological polar surface area (TPSA) is 23.6 Å². The molecule has 1 amide bonds. The molecular formula is C8H20N2O. The molecule has 68 valence electrons. The van der Waals surface area contributed by atoms with Gasteiger partial charge in [-0.25, -0.2) is 0 Å². The Labute approximate surface area is 70.0 Å². The molecule has 3 heteroatoms. The van der Waals surface area contributed by atoms with Gasteiger partial charge in [0.2, 0.25) is 5.91 Å². The van der Waals surface area contributed by atoms with E-state index in [-0.39, 0.29) is 5.91 Å². The molecule has 0 N–H and O–H groups in total. The highest BCUT2D eigenvalue weighted by Gasteiger charge is 2.02. The smallest absolute Gasteiger partial charge is 0.236 e. The van der Waals surface area contributed by atoms with E-state index in [0.717, 1.165) is 0 Å². The normalized spacial score (nSPS) is 8.64. The summed E-state index contributed by atoms with van der Waals surface area (Å²) < 4.78 is 0. The van der Waals surface area contributed by atoms with Crippen LogP contribution in [0.15, 0.2) is 0 Å². The van der Waals surface area contributed by atoms with Gasteiger partial charge in [-0.1, -0.05) is 13.8 Å². The fourth-order valence-corrected chi connectivity index (χ4v) is 0.412. The second-order valence-corrected chi connectivity index (χ2v) is 2.53. The van der Waals surface area contributed by atoms with Crippen molar-refractivity contribution in [1.29, 1.82) is 0 Å². The maximum atomic E-state index is 10.8. The summed E-state index contributed by atoms with van der Waals surface area (Å²) in [5, 5.41) is 0. The number of amides is 1. The van der Waals surface area contributed by atoms with E-state index in [1.54, 1.807) is 19.0 Å². The molecule has 0 heterocycles. The van der Waals surface area contributed by atoms with E-state index < -0.39 is 0 Å². The second kappa shape index (κ2) is 7.54. The maximum Gasteiger partial charge on any atom is 0.236 e. The first-order chi connectivity index (χ1) is 5.04. The Morgan fingerprint density at radius 2 is 1.45 bits per heavy atom. The molecule has 0 spiro atoms. The number of rotatable bonds is 2. The minimum Gasteiger partial charge on any atom is -0.348 e. The number of hydrogen-bond donors (Lipinski definition) is 0. The fraction of sp³-hybridized carbons (Fsp3) is 0.875. The number of hydrogen-bond acceptors (Lipinski definition) is 2. The third-order valence-corrected chi connectivity index (χ3v) is 0.950. The van der Waals surface area contributed by atoms with Gasteiger partial charge in [-0.3, -0.25) is 4.79 Å². The van der Waals surface area contributed by atoms with Crippen LogP contribution in [-0.4, -0.2) is 50.4 Å². The van der Waals surface area contributed by atoms with Crippen LogP contribution in [-0.2, 0) is 4.79 Å². The van der Waals surface area contributed by atoms with Crippen molar-refractivity contribution in [2.24, 2.45) is 0 Å². The third kappa shape index (κ3) is 9.43. The van der Waals surface area contributed by atoms with E-state index in [4.69, 9.17) is 0 Å². The molecule has 0 aromatic carbocycles. The third-order valence-electron chi connectivity index (χ3n) is 0.950. The summed E-state index contributed by atoms with van der Waals surface area (Å²) >= 11 is 0. The van der Waals surface area contributed by atoms with Crippen molar-refractivity contribution in [3.8, 4) is 0 Å². The van der Waals surface area contributed by atoms with Crippen molar-refractivity contribution in [2.45, 2.75) is 13.8 Å². The predicted octanol–water partition coefficient (Wildman–Crippen LogP) is 0.662. The van der Waals surface area contributed by atoms with Crippen molar-refractivity contribution in [3.63, 3.8) is 0 Å².